The van der Waals surface area contributed by atoms with Crippen LogP contribution in [0.5, 0.6) is 0 Å². The maximum Gasteiger partial charge on any atom is 0.264 e. The second kappa shape index (κ2) is 8.17. The summed E-state index contributed by atoms with van der Waals surface area (Å²) in [7, 11) is 1.71. The zero-order chi connectivity index (χ0) is 20.5. The van der Waals surface area contributed by atoms with E-state index in [0.717, 1.165) is 12.2 Å². The van der Waals surface area contributed by atoms with Crippen molar-refractivity contribution in [1.82, 2.24) is 24.2 Å². The first kappa shape index (κ1) is 19.9. The number of amides is 1. The lowest BCUT2D eigenvalue weighted by atomic mass is 10.3. The number of hydrogen-bond acceptors (Lipinski definition) is 6. The van der Waals surface area contributed by atoms with Gasteiger partial charge in [0, 0.05) is 19.3 Å². The summed E-state index contributed by atoms with van der Waals surface area (Å²) < 4.78 is 2.81. The molecule has 0 bridgehead atoms. The third kappa shape index (κ3) is 4.03. The summed E-state index contributed by atoms with van der Waals surface area (Å²) in [6, 6.07) is 5.06. The highest BCUT2D eigenvalue weighted by Gasteiger charge is 2.24. The average Bonchev–Trinajstić information content (AvgIpc) is 3.09. The maximum absolute atomic E-state index is 13.0. The van der Waals surface area contributed by atoms with Crippen LogP contribution in [0.3, 0.4) is 0 Å². The van der Waals surface area contributed by atoms with Gasteiger partial charge in [-0.05, 0) is 24.6 Å². The molecule has 0 atom stereocenters. The lowest BCUT2D eigenvalue weighted by Crippen LogP contribution is -2.42. The molecular weight excluding hydrogens is 435 g/mol. The van der Waals surface area contributed by atoms with Crippen molar-refractivity contribution in [3.63, 3.8) is 0 Å². The Labute approximate surface area is 180 Å². The van der Waals surface area contributed by atoms with E-state index in [-0.39, 0.29) is 18.0 Å². The number of aliphatic imine (C=N–C) groups is 1. The van der Waals surface area contributed by atoms with E-state index in [1.54, 1.807) is 30.1 Å². The molecule has 0 aliphatic carbocycles. The van der Waals surface area contributed by atoms with Crippen LogP contribution in [0.2, 0.25) is 10.0 Å². The smallest absolute Gasteiger partial charge is 0.264 e. The van der Waals surface area contributed by atoms with Crippen LogP contribution in [0.15, 0.2) is 40.5 Å². The number of aromatic nitrogens is 4. The lowest BCUT2D eigenvalue weighted by molar-refractivity contribution is -0.128. The van der Waals surface area contributed by atoms with Gasteiger partial charge in [0.2, 0.25) is 5.91 Å². The van der Waals surface area contributed by atoms with Crippen molar-refractivity contribution in [3.05, 3.63) is 51.1 Å². The third-order valence-corrected chi connectivity index (χ3v) is 6.24. The van der Waals surface area contributed by atoms with Crippen molar-refractivity contribution in [2.75, 3.05) is 12.3 Å². The molecule has 4 rings (SSSR count). The molecule has 11 heteroatoms. The molecule has 1 saturated heterocycles. The molecule has 0 spiro atoms. The molecule has 1 fully saturated rings. The van der Waals surface area contributed by atoms with E-state index in [2.05, 4.69) is 15.1 Å². The number of amidine groups is 1. The molecular formula is C18H16Cl2N6O2S. The fourth-order valence-electron chi connectivity index (χ4n) is 2.96. The van der Waals surface area contributed by atoms with Crippen molar-refractivity contribution in [3.8, 4) is 0 Å². The van der Waals surface area contributed by atoms with Crippen LogP contribution >= 0.6 is 35.0 Å². The highest BCUT2D eigenvalue weighted by molar-refractivity contribution is 8.13. The van der Waals surface area contributed by atoms with E-state index in [1.807, 2.05) is 0 Å². The molecule has 1 aliphatic heterocycles. The van der Waals surface area contributed by atoms with Gasteiger partial charge in [-0.3, -0.25) is 23.7 Å². The number of hydrogen-bond donors (Lipinski definition) is 0. The summed E-state index contributed by atoms with van der Waals surface area (Å²) in [4.78, 5) is 36.0. The SMILES string of the molecule is Cn1ncc2c(=O)n(CC(=O)N3CCCSC3=Nc3ccc(Cl)c(Cl)c3)cnc21. The van der Waals surface area contributed by atoms with Crippen molar-refractivity contribution < 1.29 is 4.79 Å². The highest BCUT2D eigenvalue weighted by atomic mass is 35.5. The number of nitrogens with zero attached hydrogens (tertiary/aromatic N) is 6. The zero-order valence-electron chi connectivity index (χ0n) is 15.4. The van der Waals surface area contributed by atoms with E-state index in [0.29, 0.717) is 38.5 Å². The van der Waals surface area contributed by atoms with Crippen LogP contribution in [0, 0.1) is 0 Å². The summed E-state index contributed by atoms with van der Waals surface area (Å²) in [5, 5.41) is 5.83. The summed E-state index contributed by atoms with van der Waals surface area (Å²) in [6.45, 7) is 0.404. The van der Waals surface area contributed by atoms with Gasteiger partial charge in [0.25, 0.3) is 5.56 Å². The minimum Gasteiger partial charge on any atom is -0.290 e. The van der Waals surface area contributed by atoms with Crippen molar-refractivity contribution in [1.29, 1.82) is 0 Å². The largest absolute Gasteiger partial charge is 0.290 e. The predicted octanol–water partition coefficient (Wildman–Crippen LogP) is 3.09. The van der Waals surface area contributed by atoms with Crippen LogP contribution in [0.25, 0.3) is 11.0 Å². The van der Waals surface area contributed by atoms with Gasteiger partial charge in [0.1, 0.15) is 18.3 Å². The van der Waals surface area contributed by atoms with Crippen LogP contribution in [0.4, 0.5) is 5.69 Å². The Bertz CT molecular complexity index is 1190. The minimum absolute atomic E-state index is 0.127. The summed E-state index contributed by atoms with van der Waals surface area (Å²) in [6.07, 6.45) is 3.67. The quantitative estimate of drug-likeness (QED) is 0.611. The molecule has 1 aliphatic rings. The highest BCUT2D eigenvalue weighted by Crippen LogP contribution is 2.29. The molecule has 0 unspecified atom stereocenters. The second-order valence-electron chi connectivity index (χ2n) is 6.42. The third-order valence-electron chi connectivity index (χ3n) is 4.44. The van der Waals surface area contributed by atoms with Gasteiger partial charge in [-0.15, -0.1) is 0 Å². The second-order valence-corrected chi connectivity index (χ2v) is 8.30. The molecule has 1 amide bonds. The molecule has 3 heterocycles. The number of benzene rings is 1. The Morgan fingerprint density at radius 3 is 2.93 bits per heavy atom. The first-order chi connectivity index (χ1) is 13.9. The summed E-state index contributed by atoms with van der Waals surface area (Å²) in [5.41, 5.74) is 0.787. The lowest BCUT2D eigenvalue weighted by Gasteiger charge is -2.28. The molecule has 0 saturated carbocycles. The molecule has 29 heavy (non-hydrogen) atoms. The van der Waals surface area contributed by atoms with Crippen molar-refractivity contribution >= 4 is 62.8 Å². The van der Waals surface area contributed by atoms with Crippen LogP contribution in [-0.2, 0) is 18.4 Å². The van der Waals surface area contributed by atoms with Gasteiger partial charge in [-0.2, -0.15) is 5.10 Å². The molecule has 2 aromatic heterocycles. The number of fused-ring (bicyclic) bond motifs is 1. The molecule has 0 N–H and O–H groups in total. The monoisotopic (exact) mass is 450 g/mol. The van der Waals surface area contributed by atoms with Gasteiger partial charge in [0.05, 0.1) is 21.9 Å². The Hall–Kier alpha value is -2.36. The number of rotatable bonds is 3. The number of halogens is 2. The Morgan fingerprint density at radius 2 is 2.14 bits per heavy atom. The van der Waals surface area contributed by atoms with Crippen LogP contribution < -0.4 is 5.56 Å². The standard InChI is InChI=1S/C18H16Cl2N6O2S/c1-24-16-12(8-22-24)17(28)25(10-21-16)9-15(27)26-5-2-6-29-18(26)23-11-3-4-13(19)14(20)7-11/h3-4,7-8,10H,2,5-6,9H2,1H3. The normalized spacial score (nSPS) is 16.0. The Kier molecular flexibility index (Phi) is 5.62. The van der Waals surface area contributed by atoms with Gasteiger partial charge in [-0.25, -0.2) is 9.98 Å². The van der Waals surface area contributed by atoms with E-state index >= 15 is 0 Å². The topological polar surface area (TPSA) is 85.4 Å². The number of aryl methyl sites for hydroxylation is 1. The van der Waals surface area contributed by atoms with Gasteiger partial charge < -0.3 is 0 Å². The van der Waals surface area contributed by atoms with Gasteiger partial charge >= 0.3 is 0 Å². The summed E-state index contributed by atoms with van der Waals surface area (Å²) in [5.74, 6) is 0.621. The average molecular weight is 451 g/mol. The molecule has 8 nitrogen and oxygen atoms in total. The fourth-order valence-corrected chi connectivity index (χ4v) is 4.23. The first-order valence-corrected chi connectivity index (χ1v) is 10.5. The molecule has 0 radical (unpaired) electrons. The summed E-state index contributed by atoms with van der Waals surface area (Å²) >= 11 is 13.5. The van der Waals surface area contributed by atoms with E-state index in [4.69, 9.17) is 23.2 Å². The van der Waals surface area contributed by atoms with Gasteiger partial charge in [0.15, 0.2) is 10.8 Å². The van der Waals surface area contributed by atoms with E-state index < -0.39 is 0 Å². The van der Waals surface area contributed by atoms with Crippen molar-refractivity contribution in [2.45, 2.75) is 13.0 Å². The number of thioether (sulfide) groups is 1. The zero-order valence-corrected chi connectivity index (χ0v) is 17.7. The Morgan fingerprint density at radius 1 is 1.31 bits per heavy atom. The Balaban J connectivity index is 1.61. The van der Waals surface area contributed by atoms with E-state index in [1.165, 1.54) is 33.5 Å². The van der Waals surface area contributed by atoms with Gasteiger partial charge in [-0.1, -0.05) is 35.0 Å². The first-order valence-electron chi connectivity index (χ1n) is 8.78. The van der Waals surface area contributed by atoms with Crippen LogP contribution in [0.1, 0.15) is 6.42 Å². The molecule has 1 aromatic carbocycles. The fraction of sp³-hybridized carbons (Fsp3) is 0.278. The minimum atomic E-state index is -0.302. The molecule has 150 valence electrons. The van der Waals surface area contributed by atoms with Crippen LogP contribution in [-0.4, -0.2) is 47.6 Å². The van der Waals surface area contributed by atoms with E-state index in [9.17, 15) is 9.59 Å². The molecule has 3 aromatic rings. The maximum atomic E-state index is 13.0. The predicted molar refractivity (Wildman–Crippen MR) is 115 cm³/mol. The van der Waals surface area contributed by atoms with Crippen molar-refractivity contribution in [2.24, 2.45) is 12.0 Å². The number of carbonyl (C=O) groups is 1. The number of carbonyl (C=O) groups excluding carboxylic acids is 1.